The van der Waals surface area contributed by atoms with Crippen molar-refractivity contribution in [3.8, 4) is 0 Å². The van der Waals surface area contributed by atoms with Gasteiger partial charge in [-0.1, -0.05) is 35.5 Å². The van der Waals surface area contributed by atoms with Crippen molar-refractivity contribution in [1.29, 1.82) is 0 Å². The molecule has 0 bridgehead atoms. The Labute approximate surface area is 148 Å². The lowest BCUT2D eigenvalue weighted by Crippen LogP contribution is -2.34. The molecule has 1 N–H and O–H groups in total. The summed E-state index contributed by atoms with van der Waals surface area (Å²) >= 11 is 7.49. The van der Waals surface area contributed by atoms with E-state index >= 15 is 0 Å². The number of anilines is 2. The largest absolute Gasteiger partial charge is 0.466 e. The van der Waals surface area contributed by atoms with E-state index in [4.69, 9.17) is 16.0 Å². The first-order valence-corrected chi connectivity index (χ1v) is 8.63. The van der Waals surface area contributed by atoms with Crippen LogP contribution in [0, 0.1) is 0 Å². The lowest BCUT2D eigenvalue weighted by atomic mass is 10.2. The molecule has 2 aromatic carbocycles. The molecule has 4 nitrogen and oxygen atoms in total. The van der Waals surface area contributed by atoms with E-state index in [0.29, 0.717) is 10.7 Å². The fraction of sp³-hybridized carbons (Fsp3) is 0.0556. The maximum atomic E-state index is 12.9. The normalized spacial score (nSPS) is 16.0. The van der Waals surface area contributed by atoms with Crippen LogP contribution in [-0.4, -0.2) is 6.03 Å². The Morgan fingerprint density at radius 3 is 2.62 bits per heavy atom. The first-order chi connectivity index (χ1) is 11.7. The molecule has 0 aliphatic carbocycles. The van der Waals surface area contributed by atoms with Gasteiger partial charge in [-0.2, -0.15) is 0 Å². The molecule has 24 heavy (non-hydrogen) atoms. The van der Waals surface area contributed by atoms with E-state index in [9.17, 15) is 4.79 Å². The minimum absolute atomic E-state index is 0.212. The van der Waals surface area contributed by atoms with Crippen LogP contribution >= 0.6 is 23.4 Å². The first kappa shape index (κ1) is 15.2. The van der Waals surface area contributed by atoms with Gasteiger partial charge in [0.1, 0.15) is 11.1 Å². The van der Waals surface area contributed by atoms with Gasteiger partial charge < -0.3 is 9.73 Å². The molecule has 0 fully saturated rings. The predicted octanol–water partition coefficient (Wildman–Crippen LogP) is 5.78. The number of amides is 2. The number of halogens is 1. The van der Waals surface area contributed by atoms with Crippen LogP contribution < -0.4 is 10.2 Å². The standard InChI is InChI=1S/C18H13ClN2O2S/c19-12-7-9-13(10-8-12)20-18(22)21-14-4-1-2-6-16(14)24-17(21)15-5-3-11-23-15/h1-11,17H,(H,20,22)/t17-/m1/s1. The highest BCUT2D eigenvalue weighted by Gasteiger charge is 2.37. The Bertz CT molecular complexity index is 865. The fourth-order valence-electron chi connectivity index (χ4n) is 2.61. The van der Waals surface area contributed by atoms with Crippen LogP contribution in [0.1, 0.15) is 11.1 Å². The third-order valence-electron chi connectivity index (χ3n) is 3.70. The number of rotatable bonds is 2. The van der Waals surface area contributed by atoms with E-state index in [0.717, 1.165) is 16.3 Å². The Balaban J connectivity index is 1.66. The second-order valence-electron chi connectivity index (χ2n) is 5.26. The van der Waals surface area contributed by atoms with Crippen LogP contribution in [0.5, 0.6) is 0 Å². The molecule has 0 unspecified atom stereocenters. The molecule has 1 aromatic heterocycles. The van der Waals surface area contributed by atoms with Crippen LogP contribution in [0.2, 0.25) is 5.02 Å². The van der Waals surface area contributed by atoms with Crippen molar-refractivity contribution in [2.45, 2.75) is 10.3 Å². The zero-order valence-electron chi connectivity index (χ0n) is 12.5. The summed E-state index contributed by atoms with van der Waals surface area (Å²) in [5, 5.41) is 3.31. The molecule has 0 saturated heterocycles. The summed E-state index contributed by atoms with van der Waals surface area (Å²) in [6.45, 7) is 0. The summed E-state index contributed by atoms with van der Waals surface area (Å²) in [7, 11) is 0. The van der Waals surface area contributed by atoms with Gasteiger partial charge in [0.25, 0.3) is 0 Å². The van der Waals surface area contributed by atoms with Gasteiger partial charge in [0.05, 0.1) is 12.0 Å². The summed E-state index contributed by atoms with van der Waals surface area (Å²) in [5.74, 6) is 0.738. The van der Waals surface area contributed by atoms with Gasteiger partial charge in [0.2, 0.25) is 0 Å². The highest BCUT2D eigenvalue weighted by Crippen LogP contribution is 2.51. The SMILES string of the molecule is O=C(Nc1ccc(Cl)cc1)N1c2ccccc2S[C@@H]1c1ccco1. The summed E-state index contributed by atoms with van der Waals surface area (Å²) in [4.78, 5) is 15.7. The zero-order valence-corrected chi connectivity index (χ0v) is 14.1. The predicted molar refractivity (Wildman–Crippen MR) is 96.7 cm³/mol. The second-order valence-corrected chi connectivity index (χ2v) is 6.82. The van der Waals surface area contributed by atoms with E-state index in [-0.39, 0.29) is 11.4 Å². The van der Waals surface area contributed by atoms with E-state index in [1.165, 1.54) is 0 Å². The minimum atomic E-state index is -0.232. The molecule has 2 heterocycles. The molecule has 1 atom stereocenters. The Kier molecular flexibility index (Phi) is 3.96. The van der Waals surface area contributed by atoms with Gasteiger partial charge in [-0.05, 0) is 48.5 Å². The molecule has 0 saturated carbocycles. The van der Waals surface area contributed by atoms with Crippen molar-refractivity contribution in [2.24, 2.45) is 0 Å². The van der Waals surface area contributed by atoms with Crippen molar-refractivity contribution in [2.75, 3.05) is 10.2 Å². The molecule has 1 aliphatic rings. The number of hydrogen-bond donors (Lipinski definition) is 1. The van der Waals surface area contributed by atoms with Gasteiger partial charge >= 0.3 is 6.03 Å². The molecule has 3 aromatic rings. The second kappa shape index (κ2) is 6.26. The third kappa shape index (κ3) is 2.77. The number of urea groups is 1. The summed E-state index contributed by atoms with van der Waals surface area (Å²) in [6, 6.07) is 18.4. The Hall–Kier alpha value is -2.37. The summed E-state index contributed by atoms with van der Waals surface area (Å²) < 4.78 is 5.54. The number of carbonyl (C=O) groups is 1. The number of furan rings is 1. The van der Waals surface area contributed by atoms with Gasteiger partial charge in [0, 0.05) is 15.6 Å². The molecule has 0 radical (unpaired) electrons. The number of nitrogens with zero attached hydrogens (tertiary/aromatic N) is 1. The topological polar surface area (TPSA) is 45.5 Å². The lowest BCUT2D eigenvalue weighted by molar-refractivity contribution is 0.256. The summed E-state index contributed by atoms with van der Waals surface area (Å²) in [6.07, 6.45) is 1.62. The van der Waals surface area contributed by atoms with Crippen LogP contribution in [-0.2, 0) is 0 Å². The maximum Gasteiger partial charge on any atom is 0.327 e. The van der Waals surface area contributed by atoms with Crippen molar-refractivity contribution in [3.63, 3.8) is 0 Å². The first-order valence-electron chi connectivity index (χ1n) is 7.37. The molecule has 2 amide bonds. The highest BCUT2D eigenvalue weighted by molar-refractivity contribution is 8.00. The van der Waals surface area contributed by atoms with Crippen molar-refractivity contribution < 1.29 is 9.21 Å². The molecule has 6 heteroatoms. The Morgan fingerprint density at radius 2 is 1.88 bits per heavy atom. The molecular weight excluding hydrogens is 344 g/mol. The molecule has 4 rings (SSSR count). The number of para-hydroxylation sites is 1. The van der Waals surface area contributed by atoms with Crippen molar-refractivity contribution in [3.05, 3.63) is 77.7 Å². The average Bonchev–Trinajstić information content (AvgIpc) is 3.23. The zero-order chi connectivity index (χ0) is 16.5. The van der Waals surface area contributed by atoms with Crippen LogP contribution in [0.3, 0.4) is 0 Å². The van der Waals surface area contributed by atoms with Crippen LogP contribution in [0.25, 0.3) is 0 Å². The van der Waals surface area contributed by atoms with E-state index in [2.05, 4.69) is 5.32 Å². The number of benzene rings is 2. The van der Waals surface area contributed by atoms with E-state index in [1.54, 1.807) is 47.2 Å². The quantitative estimate of drug-likeness (QED) is 0.633. The maximum absolute atomic E-state index is 12.9. The number of hydrogen-bond acceptors (Lipinski definition) is 3. The molecular formula is C18H13ClN2O2S. The number of thioether (sulfide) groups is 1. The number of nitrogens with one attached hydrogen (secondary N) is 1. The molecule has 120 valence electrons. The van der Waals surface area contributed by atoms with E-state index < -0.39 is 0 Å². The number of carbonyl (C=O) groups excluding carboxylic acids is 1. The molecule has 0 spiro atoms. The molecule has 1 aliphatic heterocycles. The fourth-order valence-corrected chi connectivity index (χ4v) is 3.98. The van der Waals surface area contributed by atoms with Crippen LogP contribution in [0.4, 0.5) is 16.2 Å². The van der Waals surface area contributed by atoms with Crippen LogP contribution in [0.15, 0.2) is 76.2 Å². The van der Waals surface area contributed by atoms with Gasteiger partial charge in [-0.15, -0.1) is 0 Å². The van der Waals surface area contributed by atoms with Gasteiger partial charge in [-0.25, -0.2) is 4.79 Å². The minimum Gasteiger partial charge on any atom is -0.466 e. The number of fused-ring (bicyclic) bond motifs is 1. The third-order valence-corrected chi connectivity index (χ3v) is 5.22. The highest BCUT2D eigenvalue weighted by atomic mass is 35.5. The van der Waals surface area contributed by atoms with Crippen molar-refractivity contribution >= 4 is 40.8 Å². The van der Waals surface area contributed by atoms with E-state index in [1.807, 2.05) is 36.4 Å². The smallest absolute Gasteiger partial charge is 0.327 e. The average molecular weight is 357 g/mol. The lowest BCUT2D eigenvalue weighted by Gasteiger charge is -2.23. The summed E-state index contributed by atoms with van der Waals surface area (Å²) in [5.41, 5.74) is 1.56. The van der Waals surface area contributed by atoms with Gasteiger partial charge in [-0.3, -0.25) is 4.90 Å². The van der Waals surface area contributed by atoms with Gasteiger partial charge in [0.15, 0.2) is 0 Å². The monoisotopic (exact) mass is 356 g/mol. The van der Waals surface area contributed by atoms with Crippen molar-refractivity contribution in [1.82, 2.24) is 0 Å². The Morgan fingerprint density at radius 1 is 1.08 bits per heavy atom.